The fourth-order valence-electron chi connectivity index (χ4n) is 2.07. The van der Waals surface area contributed by atoms with Gasteiger partial charge in [0.05, 0.1) is 24.9 Å². The number of hydrogen-bond acceptors (Lipinski definition) is 3. The Labute approximate surface area is 134 Å². The molecule has 1 unspecified atom stereocenters. The van der Waals surface area contributed by atoms with Gasteiger partial charge in [-0.3, -0.25) is 0 Å². The maximum Gasteiger partial charge on any atom is 0.143 e. The lowest BCUT2D eigenvalue weighted by Gasteiger charge is -2.19. The molecule has 3 nitrogen and oxygen atoms in total. The van der Waals surface area contributed by atoms with Crippen LogP contribution in [0, 0.1) is 0 Å². The van der Waals surface area contributed by atoms with E-state index in [2.05, 4.69) is 5.32 Å². The first-order chi connectivity index (χ1) is 10.0. The highest BCUT2D eigenvalue weighted by atomic mass is 35.5. The molecule has 0 bridgehead atoms. The number of ether oxygens (including phenoxy) is 2. The van der Waals surface area contributed by atoms with Crippen molar-refractivity contribution < 1.29 is 9.47 Å². The van der Waals surface area contributed by atoms with Crippen molar-refractivity contribution in [2.75, 3.05) is 19.5 Å². The van der Waals surface area contributed by atoms with Gasteiger partial charge in [-0.1, -0.05) is 35.3 Å². The molecule has 0 fully saturated rings. The molecule has 21 heavy (non-hydrogen) atoms. The zero-order valence-corrected chi connectivity index (χ0v) is 13.6. The highest BCUT2D eigenvalue weighted by molar-refractivity contribution is 6.32. The van der Waals surface area contributed by atoms with E-state index in [1.807, 2.05) is 37.3 Å². The van der Waals surface area contributed by atoms with Gasteiger partial charge in [-0.2, -0.15) is 0 Å². The summed E-state index contributed by atoms with van der Waals surface area (Å²) in [7, 11) is 3.19. The van der Waals surface area contributed by atoms with Gasteiger partial charge in [-0.05, 0) is 24.6 Å². The van der Waals surface area contributed by atoms with E-state index in [0.29, 0.717) is 21.5 Å². The molecule has 1 N–H and O–H groups in total. The highest BCUT2D eigenvalue weighted by Gasteiger charge is 2.13. The quantitative estimate of drug-likeness (QED) is 0.821. The van der Waals surface area contributed by atoms with Crippen LogP contribution < -0.4 is 14.8 Å². The summed E-state index contributed by atoms with van der Waals surface area (Å²) in [6, 6.07) is 11.3. The second-order valence-corrected chi connectivity index (χ2v) is 5.45. The van der Waals surface area contributed by atoms with Gasteiger partial charge in [-0.15, -0.1) is 0 Å². The van der Waals surface area contributed by atoms with Crippen LogP contribution in [0.15, 0.2) is 36.4 Å². The molecule has 2 rings (SSSR count). The van der Waals surface area contributed by atoms with Crippen molar-refractivity contribution in [3.8, 4) is 11.5 Å². The fourth-order valence-corrected chi connectivity index (χ4v) is 2.50. The van der Waals surface area contributed by atoms with Crippen molar-refractivity contribution in [3.05, 3.63) is 52.0 Å². The molecule has 0 radical (unpaired) electrons. The molecule has 2 aromatic carbocycles. The third kappa shape index (κ3) is 3.74. The molecule has 1 atom stereocenters. The lowest BCUT2D eigenvalue weighted by Crippen LogP contribution is -2.08. The van der Waals surface area contributed by atoms with Gasteiger partial charge >= 0.3 is 0 Å². The Morgan fingerprint density at radius 2 is 1.71 bits per heavy atom. The fraction of sp³-hybridized carbons (Fsp3) is 0.250. The van der Waals surface area contributed by atoms with Gasteiger partial charge in [-0.25, -0.2) is 0 Å². The molecule has 2 aromatic rings. The van der Waals surface area contributed by atoms with Crippen molar-refractivity contribution in [2.45, 2.75) is 13.0 Å². The molecule has 112 valence electrons. The zero-order chi connectivity index (χ0) is 15.4. The lowest BCUT2D eigenvalue weighted by atomic mass is 10.1. The molecule has 0 aromatic heterocycles. The van der Waals surface area contributed by atoms with E-state index in [1.165, 1.54) is 0 Å². The van der Waals surface area contributed by atoms with Gasteiger partial charge < -0.3 is 14.8 Å². The molecule has 0 saturated carbocycles. The minimum absolute atomic E-state index is 0.0588. The van der Waals surface area contributed by atoms with Crippen LogP contribution >= 0.6 is 23.2 Å². The van der Waals surface area contributed by atoms with Crippen molar-refractivity contribution in [2.24, 2.45) is 0 Å². The zero-order valence-electron chi connectivity index (χ0n) is 12.1. The molecule has 0 saturated heterocycles. The topological polar surface area (TPSA) is 30.5 Å². The summed E-state index contributed by atoms with van der Waals surface area (Å²) in [6.45, 7) is 2.05. The van der Waals surface area contributed by atoms with Crippen LogP contribution in [0.3, 0.4) is 0 Å². The van der Waals surface area contributed by atoms with E-state index < -0.39 is 0 Å². The van der Waals surface area contributed by atoms with Crippen LogP contribution in [0.25, 0.3) is 0 Å². The second kappa shape index (κ2) is 6.92. The molecule has 0 aliphatic carbocycles. The molecular weight excluding hydrogens is 309 g/mol. The summed E-state index contributed by atoms with van der Waals surface area (Å²) in [5, 5.41) is 4.60. The number of methoxy groups -OCH3 is 2. The first-order valence-electron chi connectivity index (χ1n) is 6.48. The summed E-state index contributed by atoms with van der Waals surface area (Å²) in [5.41, 5.74) is 1.89. The third-order valence-electron chi connectivity index (χ3n) is 3.19. The van der Waals surface area contributed by atoms with Crippen LogP contribution in [-0.2, 0) is 0 Å². The predicted octanol–water partition coefficient (Wildman–Crippen LogP) is 5.18. The summed E-state index contributed by atoms with van der Waals surface area (Å²) < 4.78 is 10.6. The second-order valence-electron chi connectivity index (χ2n) is 4.61. The predicted molar refractivity (Wildman–Crippen MR) is 88.0 cm³/mol. The van der Waals surface area contributed by atoms with Crippen LogP contribution in [0.4, 0.5) is 5.69 Å². The molecule has 0 spiro atoms. The van der Waals surface area contributed by atoms with Gasteiger partial charge in [0.1, 0.15) is 11.5 Å². The largest absolute Gasteiger partial charge is 0.495 e. The summed E-state index contributed by atoms with van der Waals surface area (Å²) in [4.78, 5) is 0. The average Bonchev–Trinajstić information content (AvgIpc) is 2.48. The first kappa shape index (κ1) is 15.8. The van der Waals surface area contributed by atoms with Crippen molar-refractivity contribution in [3.63, 3.8) is 0 Å². The molecule has 0 aliphatic heterocycles. The van der Waals surface area contributed by atoms with Gasteiger partial charge in [0, 0.05) is 23.2 Å². The molecule has 5 heteroatoms. The Hall–Kier alpha value is -1.58. The third-order valence-corrected chi connectivity index (χ3v) is 3.73. The van der Waals surface area contributed by atoms with Crippen LogP contribution in [0.5, 0.6) is 11.5 Å². The Balaban J connectivity index is 2.29. The minimum atomic E-state index is 0.0588. The standard InChI is InChI=1S/C16H17Cl2NO2/c1-10(11-5-4-6-12(17)7-11)19-14-9-15(20-2)13(18)8-16(14)21-3/h4-10,19H,1-3H3. The number of rotatable bonds is 5. The Kier molecular flexibility index (Phi) is 5.21. The SMILES string of the molecule is COc1cc(NC(C)c2cccc(Cl)c2)c(OC)cc1Cl. The monoisotopic (exact) mass is 325 g/mol. The Bertz CT molecular complexity index is 632. The van der Waals surface area contributed by atoms with E-state index in [4.69, 9.17) is 32.7 Å². The number of halogens is 2. The van der Waals surface area contributed by atoms with Gasteiger partial charge in [0.15, 0.2) is 0 Å². The molecule has 0 amide bonds. The van der Waals surface area contributed by atoms with E-state index in [1.54, 1.807) is 20.3 Å². The van der Waals surface area contributed by atoms with Crippen LogP contribution in [-0.4, -0.2) is 14.2 Å². The lowest BCUT2D eigenvalue weighted by molar-refractivity contribution is 0.404. The number of nitrogens with one attached hydrogen (secondary N) is 1. The Morgan fingerprint density at radius 1 is 1.00 bits per heavy atom. The van der Waals surface area contributed by atoms with Crippen molar-refractivity contribution in [1.29, 1.82) is 0 Å². The Morgan fingerprint density at radius 3 is 2.33 bits per heavy atom. The normalized spacial score (nSPS) is 11.9. The first-order valence-corrected chi connectivity index (χ1v) is 7.24. The maximum atomic E-state index is 6.10. The van der Waals surface area contributed by atoms with E-state index in [9.17, 15) is 0 Å². The summed E-state index contributed by atoms with van der Waals surface area (Å²) in [5.74, 6) is 1.26. The summed E-state index contributed by atoms with van der Waals surface area (Å²) in [6.07, 6.45) is 0. The van der Waals surface area contributed by atoms with Crippen LogP contribution in [0.2, 0.25) is 10.0 Å². The highest BCUT2D eigenvalue weighted by Crippen LogP contribution is 2.37. The molecule has 0 aliphatic rings. The number of benzene rings is 2. The van der Waals surface area contributed by atoms with Crippen LogP contribution in [0.1, 0.15) is 18.5 Å². The van der Waals surface area contributed by atoms with Gasteiger partial charge in [0.25, 0.3) is 0 Å². The van der Waals surface area contributed by atoms with E-state index >= 15 is 0 Å². The molecule has 0 heterocycles. The molecular formula is C16H17Cl2NO2. The van der Waals surface area contributed by atoms with E-state index in [-0.39, 0.29) is 6.04 Å². The maximum absolute atomic E-state index is 6.10. The smallest absolute Gasteiger partial charge is 0.143 e. The van der Waals surface area contributed by atoms with E-state index in [0.717, 1.165) is 11.3 Å². The average molecular weight is 326 g/mol. The van der Waals surface area contributed by atoms with Crippen molar-refractivity contribution >= 4 is 28.9 Å². The number of hydrogen-bond donors (Lipinski definition) is 1. The number of anilines is 1. The van der Waals surface area contributed by atoms with Crippen molar-refractivity contribution in [1.82, 2.24) is 0 Å². The minimum Gasteiger partial charge on any atom is -0.495 e. The summed E-state index contributed by atoms with van der Waals surface area (Å²) >= 11 is 12.1. The van der Waals surface area contributed by atoms with Gasteiger partial charge in [0.2, 0.25) is 0 Å².